The Morgan fingerprint density at radius 1 is 1.40 bits per heavy atom. The topological polar surface area (TPSA) is 104 Å². The van der Waals surface area contributed by atoms with Gasteiger partial charge in [-0.1, -0.05) is 0 Å². The summed E-state index contributed by atoms with van der Waals surface area (Å²) >= 11 is 0. The highest BCUT2D eigenvalue weighted by Crippen LogP contribution is 2.35. The maximum absolute atomic E-state index is 13.8. The molecule has 0 aliphatic carbocycles. The first kappa shape index (κ1) is 14.4. The van der Waals surface area contributed by atoms with Crippen molar-refractivity contribution in [1.29, 1.82) is 0 Å². The maximum atomic E-state index is 13.8. The Labute approximate surface area is 114 Å². The molecule has 0 atom stereocenters. The van der Waals surface area contributed by atoms with E-state index in [9.17, 15) is 24.2 Å². The molecule has 0 radical (unpaired) electrons. The van der Waals surface area contributed by atoms with Crippen LogP contribution >= 0.6 is 0 Å². The molecule has 0 saturated carbocycles. The highest BCUT2D eigenvalue weighted by Gasteiger charge is 2.45. The van der Waals surface area contributed by atoms with Crippen LogP contribution in [0.5, 0.6) is 0 Å². The van der Waals surface area contributed by atoms with Gasteiger partial charge in [-0.2, -0.15) is 0 Å². The lowest BCUT2D eigenvalue weighted by Crippen LogP contribution is -2.52. The van der Waals surface area contributed by atoms with Crippen molar-refractivity contribution in [2.45, 2.75) is 18.4 Å². The van der Waals surface area contributed by atoms with Crippen molar-refractivity contribution in [3.63, 3.8) is 0 Å². The summed E-state index contributed by atoms with van der Waals surface area (Å²) in [6, 6.07) is 3.55. The number of anilines is 1. The molecule has 1 aliphatic heterocycles. The molecule has 1 fully saturated rings. The highest BCUT2D eigenvalue weighted by molar-refractivity contribution is 5.98. The van der Waals surface area contributed by atoms with Crippen molar-refractivity contribution in [3.8, 4) is 0 Å². The molecule has 7 heteroatoms. The minimum Gasteiger partial charge on any atom is -0.394 e. The molecule has 6 nitrogen and oxygen atoms in total. The molecule has 108 valence electrons. The molecule has 0 bridgehead atoms. The molecule has 2 amide bonds. The molecule has 1 aromatic carbocycles. The highest BCUT2D eigenvalue weighted by atomic mass is 19.1. The zero-order valence-electron chi connectivity index (χ0n) is 10.7. The third-order valence-corrected chi connectivity index (χ3v) is 3.59. The number of hydrogen-bond donors (Lipinski definition) is 3. The van der Waals surface area contributed by atoms with Gasteiger partial charge in [0.25, 0.3) is 5.91 Å². The fourth-order valence-electron chi connectivity index (χ4n) is 2.44. The standard InChI is InChI=1S/C13H15FN2O4/c14-10-5-8(1-2-9(10)12(15)20)16-11(19)3-4-13(16,6-17)7-18/h1-2,5,17-18H,3-4,6-7H2,(H2,15,20). The number of benzene rings is 1. The second kappa shape index (κ2) is 5.18. The van der Waals surface area contributed by atoms with E-state index in [1.165, 1.54) is 17.0 Å². The molecule has 1 saturated heterocycles. The summed E-state index contributed by atoms with van der Waals surface area (Å²) in [4.78, 5) is 24.1. The summed E-state index contributed by atoms with van der Waals surface area (Å²) in [6.07, 6.45) is 0.429. The van der Waals surface area contributed by atoms with Crippen molar-refractivity contribution in [3.05, 3.63) is 29.6 Å². The quantitative estimate of drug-likeness (QED) is 0.710. The number of carbonyl (C=O) groups excluding carboxylic acids is 2. The van der Waals surface area contributed by atoms with Crippen LogP contribution in [0.3, 0.4) is 0 Å². The fraction of sp³-hybridized carbons (Fsp3) is 0.385. The smallest absolute Gasteiger partial charge is 0.251 e. The molecule has 4 N–H and O–H groups in total. The normalized spacial score (nSPS) is 17.6. The summed E-state index contributed by atoms with van der Waals surface area (Å²) in [7, 11) is 0. The van der Waals surface area contributed by atoms with E-state index in [1.807, 2.05) is 0 Å². The second-order valence-corrected chi connectivity index (χ2v) is 4.80. The van der Waals surface area contributed by atoms with Gasteiger partial charge in [-0.15, -0.1) is 0 Å². The van der Waals surface area contributed by atoms with Crippen molar-refractivity contribution in [2.75, 3.05) is 18.1 Å². The number of nitrogens with zero attached hydrogens (tertiary/aromatic N) is 1. The molecule has 1 heterocycles. The largest absolute Gasteiger partial charge is 0.394 e. The lowest BCUT2D eigenvalue weighted by molar-refractivity contribution is -0.117. The van der Waals surface area contributed by atoms with Gasteiger partial charge in [0.15, 0.2) is 0 Å². The van der Waals surface area contributed by atoms with Gasteiger partial charge in [0.2, 0.25) is 5.91 Å². The van der Waals surface area contributed by atoms with E-state index in [0.29, 0.717) is 0 Å². The second-order valence-electron chi connectivity index (χ2n) is 4.80. The SMILES string of the molecule is NC(=O)c1ccc(N2C(=O)CCC2(CO)CO)cc1F. The van der Waals surface area contributed by atoms with E-state index in [1.54, 1.807) is 0 Å². The van der Waals surface area contributed by atoms with E-state index in [2.05, 4.69) is 0 Å². The Morgan fingerprint density at radius 3 is 2.55 bits per heavy atom. The Bertz CT molecular complexity index is 557. The number of amides is 2. The van der Waals surface area contributed by atoms with Gasteiger partial charge in [0.1, 0.15) is 5.82 Å². The van der Waals surface area contributed by atoms with Gasteiger partial charge in [-0.3, -0.25) is 9.59 Å². The Hall–Kier alpha value is -1.99. The summed E-state index contributed by atoms with van der Waals surface area (Å²) in [6.45, 7) is -0.872. The van der Waals surface area contributed by atoms with Crippen LogP contribution in [0.1, 0.15) is 23.2 Å². The zero-order valence-corrected chi connectivity index (χ0v) is 10.7. The van der Waals surface area contributed by atoms with Crippen LogP contribution in [0.2, 0.25) is 0 Å². The fourth-order valence-corrected chi connectivity index (χ4v) is 2.44. The van der Waals surface area contributed by atoms with Crippen molar-refractivity contribution < 1.29 is 24.2 Å². The van der Waals surface area contributed by atoms with E-state index in [4.69, 9.17) is 5.73 Å². The van der Waals surface area contributed by atoms with Gasteiger partial charge >= 0.3 is 0 Å². The lowest BCUT2D eigenvalue weighted by atomic mass is 9.98. The minimum atomic E-state index is -1.14. The first-order valence-corrected chi connectivity index (χ1v) is 6.09. The summed E-state index contributed by atoms with van der Waals surface area (Å²) in [5.41, 5.74) is 3.77. The van der Waals surface area contributed by atoms with Crippen LogP contribution in [0.25, 0.3) is 0 Å². The predicted molar refractivity (Wildman–Crippen MR) is 68.5 cm³/mol. The van der Waals surface area contributed by atoms with Crippen LogP contribution in [-0.4, -0.2) is 40.8 Å². The van der Waals surface area contributed by atoms with Crippen LogP contribution < -0.4 is 10.6 Å². The van der Waals surface area contributed by atoms with Gasteiger partial charge in [-0.05, 0) is 24.6 Å². The van der Waals surface area contributed by atoms with Gasteiger partial charge in [-0.25, -0.2) is 4.39 Å². The number of primary amides is 1. The molecule has 1 aliphatic rings. The van der Waals surface area contributed by atoms with Gasteiger partial charge in [0, 0.05) is 12.1 Å². The zero-order chi connectivity index (χ0) is 14.9. The van der Waals surface area contributed by atoms with Crippen LogP contribution in [0.15, 0.2) is 18.2 Å². The molecule has 0 aromatic heterocycles. The Morgan fingerprint density at radius 2 is 2.05 bits per heavy atom. The average molecular weight is 282 g/mol. The van der Waals surface area contributed by atoms with Crippen molar-refractivity contribution in [2.24, 2.45) is 5.73 Å². The first-order valence-electron chi connectivity index (χ1n) is 6.09. The first-order chi connectivity index (χ1) is 9.45. The van der Waals surface area contributed by atoms with E-state index >= 15 is 0 Å². The summed E-state index contributed by atoms with van der Waals surface area (Å²) < 4.78 is 13.8. The monoisotopic (exact) mass is 282 g/mol. The Balaban J connectivity index is 2.46. The number of hydrogen-bond acceptors (Lipinski definition) is 4. The number of carbonyl (C=O) groups is 2. The van der Waals surface area contributed by atoms with Gasteiger partial charge in [0.05, 0.1) is 24.3 Å². The molecule has 0 unspecified atom stereocenters. The molecular weight excluding hydrogens is 267 g/mol. The van der Waals surface area contributed by atoms with Crippen LogP contribution in [0, 0.1) is 5.82 Å². The molecular formula is C13H15FN2O4. The Kier molecular flexibility index (Phi) is 3.74. The predicted octanol–water partition coefficient (Wildman–Crippen LogP) is -0.225. The molecule has 20 heavy (non-hydrogen) atoms. The molecule has 1 aromatic rings. The van der Waals surface area contributed by atoms with Crippen LogP contribution in [-0.2, 0) is 4.79 Å². The third-order valence-electron chi connectivity index (χ3n) is 3.59. The summed E-state index contributed by atoms with van der Waals surface area (Å²) in [5, 5.41) is 18.9. The van der Waals surface area contributed by atoms with Gasteiger partial charge < -0.3 is 20.8 Å². The van der Waals surface area contributed by atoms with Crippen molar-refractivity contribution >= 4 is 17.5 Å². The van der Waals surface area contributed by atoms with Crippen LogP contribution in [0.4, 0.5) is 10.1 Å². The number of aliphatic hydroxyl groups is 2. The van der Waals surface area contributed by atoms with E-state index < -0.39 is 30.5 Å². The number of nitrogens with two attached hydrogens (primary N) is 1. The average Bonchev–Trinajstić information content (AvgIpc) is 2.75. The third kappa shape index (κ3) is 2.14. The maximum Gasteiger partial charge on any atom is 0.251 e. The lowest BCUT2D eigenvalue weighted by Gasteiger charge is -2.35. The minimum absolute atomic E-state index is 0.153. The van der Waals surface area contributed by atoms with Crippen molar-refractivity contribution in [1.82, 2.24) is 0 Å². The number of aliphatic hydroxyl groups excluding tert-OH is 2. The molecule has 2 rings (SSSR count). The van der Waals surface area contributed by atoms with E-state index in [-0.39, 0.29) is 30.0 Å². The number of rotatable bonds is 4. The number of halogens is 1. The van der Waals surface area contributed by atoms with E-state index in [0.717, 1.165) is 6.07 Å². The summed E-state index contributed by atoms with van der Waals surface area (Å²) in [5.74, 6) is -2.07. The molecule has 0 spiro atoms.